The van der Waals surface area contributed by atoms with E-state index in [2.05, 4.69) is 13.8 Å². The minimum absolute atomic E-state index is 0.261. The molecule has 2 nitrogen and oxygen atoms in total. The Kier molecular flexibility index (Phi) is 15.3. The van der Waals surface area contributed by atoms with Gasteiger partial charge in [0.15, 0.2) is 0 Å². The zero-order valence-electron chi connectivity index (χ0n) is 14.2. The number of ether oxygens (including phenoxy) is 1. The summed E-state index contributed by atoms with van der Waals surface area (Å²) in [6, 6.07) is 0. The molecule has 0 aliphatic heterocycles. The molecular formula is C17H35FO2S. The van der Waals surface area contributed by atoms with Gasteiger partial charge in [-0.1, -0.05) is 52.9 Å². The molecule has 4 heteroatoms. The summed E-state index contributed by atoms with van der Waals surface area (Å²) in [5.41, 5.74) is 0. The molecule has 0 rings (SSSR count). The maximum Gasteiger partial charge on any atom is 0.101 e. The van der Waals surface area contributed by atoms with Gasteiger partial charge in [0.1, 0.15) is 6.17 Å². The van der Waals surface area contributed by atoms with Crippen LogP contribution in [0.25, 0.3) is 0 Å². The fourth-order valence-electron chi connectivity index (χ4n) is 2.13. The number of aliphatic hydroxyl groups is 1. The Labute approximate surface area is 135 Å². The first-order chi connectivity index (χ1) is 10.1. The van der Waals surface area contributed by atoms with Crippen molar-refractivity contribution in [2.45, 2.75) is 89.7 Å². The van der Waals surface area contributed by atoms with Gasteiger partial charge in [-0.2, -0.15) is 11.8 Å². The molecule has 21 heavy (non-hydrogen) atoms. The van der Waals surface area contributed by atoms with Gasteiger partial charge in [0, 0.05) is 17.6 Å². The van der Waals surface area contributed by atoms with Gasteiger partial charge in [0.25, 0.3) is 0 Å². The van der Waals surface area contributed by atoms with Crippen LogP contribution < -0.4 is 0 Å². The Bertz CT molecular complexity index is 217. The van der Waals surface area contributed by atoms with Crippen molar-refractivity contribution in [2.75, 3.05) is 19.0 Å². The zero-order valence-corrected chi connectivity index (χ0v) is 15.0. The second-order valence-electron chi connectivity index (χ2n) is 5.91. The fourth-order valence-corrected chi connectivity index (χ4v) is 3.12. The van der Waals surface area contributed by atoms with Gasteiger partial charge in [0.2, 0.25) is 0 Å². The van der Waals surface area contributed by atoms with Crippen LogP contribution in [0.2, 0.25) is 0 Å². The standard InChI is InChI=1S/C17H35FO2S/c1-4-6-8-9-10-16(18)12-15(3)21-14-17(19)13-20-11-7-5-2/h15-17,19H,4-14H2,1-3H3. The highest BCUT2D eigenvalue weighted by atomic mass is 32.2. The summed E-state index contributed by atoms with van der Waals surface area (Å²) in [6.45, 7) is 7.46. The van der Waals surface area contributed by atoms with Crippen molar-refractivity contribution in [1.82, 2.24) is 0 Å². The smallest absolute Gasteiger partial charge is 0.101 e. The van der Waals surface area contributed by atoms with E-state index >= 15 is 0 Å². The van der Waals surface area contributed by atoms with Crippen LogP contribution in [0.5, 0.6) is 0 Å². The summed E-state index contributed by atoms with van der Waals surface area (Å²) in [4.78, 5) is 0. The predicted molar refractivity (Wildman–Crippen MR) is 91.9 cm³/mol. The number of aliphatic hydroxyl groups excluding tert-OH is 1. The highest BCUT2D eigenvalue weighted by Gasteiger charge is 2.14. The normalized spacial score (nSPS) is 15.9. The summed E-state index contributed by atoms with van der Waals surface area (Å²) in [5, 5.41) is 10.1. The Morgan fingerprint density at radius 3 is 2.48 bits per heavy atom. The molecule has 0 aliphatic rings. The lowest BCUT2D eigenvalue weighted by Crippen LogP contribution is -2.20. The van der Waals surface area contributed by atoms with E-state index in [9.17, 15) is 9.50 Å². The highest BCUT2D eigenvalue weighted by molar-refractivity contribution is 7.99. The van der Waals surface area contributed by atoms with Gasteiger partial charge in [0.05, 0.1) is 12.7 Å². The molecule has 0 amide bonds. The molecule has 0 aromatic rings. The Balaban J connectivity index is 3.52. The van der Waals surface area contributed by atoms with E-state index in [1.54, 1.807) is 11.8 Å². The molecule has 3 atom stereocenters. The zero-order chi connectivity index (χ0) is 15.9. The van der Waals surface area contributed by atoms with Crippen LogP contribution in [0.15, 0.2) is 0 Å². The topological polar surface area (TPSA) is 29.5 Å². The highest BCUT2D eigenvalue weighted by Crippen LogP contribution is 2.21. The molecule has 0 spiro atoms. The van der Waals surface area contributed by atoms with Gasteiger partial charge in [-0.3, -0.25) is 0 Å². The average molecular weight is 323 g/mol. The summed E-state index contributed by atoms with van der Waals surface area (Å²) in [7, 11) is 0. The first-order valence-electron chi connectivity index (χ1n) is 8.61. The van der Waals surface area contributed by atoms with Crippen LogP contribution in [0, 0.1) is 0 Å². The number of thioether (sulfide) groups is 1. The molecule has 0 saturated carbocycles. The lowest BCUT2D eigenvalue weighted by Gasteiger charge is -2.17. The first kappa shape index (κ1) is 21.2. The molecule has 0 fully saturated rings. The fraction of sp³-hybridized carbons (Fsp3) is 1.00. The van der Waals surface area contributed by atoms with E-state index < -0.39 is 12.3 Å². The van der Waals surface area contributed by atoms with Crippen molar-refractivity contribution >= 4 is 11.8 Å². The summed E-state index contributed by atoms with van der Waals surface area (Å²) >= 11 is 1.65. The van der Waals surface area contributed by atoms with Crippen LogP contribution in [0.3, 0.4) is 0 Å². The van der Waals surface area contributed by atoms with Crippen molar-refractivity contribution in [3.63, 3.8) is 0 Å². The number of hydrogen-bond donors (Lipinski definition) is 1. The van der Waals surface area contributed by atoms with Crippen molar-refractivity contribution in [1.29, 1.82) is 0 Å². The van der Waals surface area contributed by atoms with Crippen LogP contribution in [0.1, 0.15) is 72.1 Å². The second kappa shape index (κ2) is 15.1. The minimum Gasteiger partial charge on any atom is -0.390 e. The van der Waals surface area contributed by atoms with Crippen LogP contribution in [-0.4, -0.2) is 41.6 Å². The Hall–Kier alpha value is 0.200. The maximum absolute atomic E-state index is 13.8. The number of unbranched alkanes of at least 4 members (excludes halogenated alkanes) is 4. The molecule has 0 heterocycles. The molecule has 1 N–H and O–H groups in total. The third-order valence-electron chi connectivity index (χ3n) is 3.48. The van der Waals surface area contributed by atoms with Crippen molar-refractivity contribution in [2.24, 2.45) is 0 Å². The maximum atomic E-state index is 13.8. The average Bonchev–Trinajstić information content (AvgIpc) is 2.46. The predicted octanol–water partition coefficient (Wildman–Crippen LogP) is 4.98. The largest absolute Gasteiger partial charge is 0.390 e. The van der Waals surface area contributed by atoms with Crippen molar-refractivity contribution < 1.29 is 14.2 Å². The third kappa shape index (κ3) is 14.9. The molecule has 0 bridgehead atoms. The van der Waals surface area contributed by atoms with E-state index in [4.69, 9.17) is 4.74 Å². The van der Waals surface area contributed by atoms with Crippen LogP contribution >= 0.6 is 11.8 Å². The monoisotopic (exact) mass is 322 g/mol. The van der Waals surface area contributed by atoms with Gasteiger partial charge >= 0.3 is 0 Å². The summed E-state index contributed by atoms with van der Waals surface area (Å²) in [6.07, 6.45) is 6.86. The molecule has 128 valence electrons. The van der Waals surface area contributed by atoms with Crippen molar-refractivity contribution in [3.05, 3.63) is 0 Å². The van der Waals surface area contributed by atoms with Gasteiger partial charge in [-0.15, -0.1) is 0 Å². The molecule has 0 aromatic carbocycles. The SMILES string of the molecule is CCCCCCC(F)CC(C)SCC(O)COCCCC. The van der Waals surface area contributed by atoms with E-state index in [0.29, 0.717) is 25.2 Å². The molecular weight excluding hydrogens is 287 g/mol. The van der Waals surface area contributed by atoms with Crippen LogP contribution in [-0.2, 0) is 4.74 Å². The number of rotatable bonds is 15. The number of hydrogen-bond acceptors (Lipinski definition) is 3. The lowest BCUT2D eigenvalue weighted by atomic mass is 10.1. The molecule has 0 saturated heterocycles. The molecule has 0 aromatic heterocycles. The first-order valence-corrected chi connectivity index (χ1v) is 9.66. The van der Waals surface area contributed by atoms with E-state index in [1.807, 2.05) is 6.92 Å². The summed E-state index contributed by atoms with van der Waals surface area (Å²) < 4.78 is 19.2. The van der Waals surface area contributed by atoms with E-state index in [-0.39, 0.29) is 5.25 Å². The number of halogens is 1. The second-order valence-corrected chi connectivity index (χ2v) is 7.38. The summed E-state index contributed by atoms with van der Waals surface area (Å²) in [5.74, 6) is 0.635. The number of alkyl halides is 1. The lowest BCUT2D eigenvalue weighted by molar-refractivity contribution is 0.0473. The quantitative estimate of drug-likeness (QED) is 0.431. The van der Waals surface area contributed by atoms with Crippen molar-refractivity contribution in [3.8, 4) is 0 Å². The van der Waals surface area contributed by atoms with Gasteiger partial charge in [-0.05, 0) is 19.3 Å². The minimum atomic E-state index is -0.692. The van der Waals surface area contributed by atoms with E-state index in [0.717, 1.165) is 32.3 Å². The van der Waals surface area contributed by atoms with Gasteiger partial charge < -0.3 is 9.84 Å². The Morgan fingerprint density at radius 2 is 1.81 bits per heavy atom. The molecule has 3 unspecified atom stereocenters. The van der Waals surface area contributed by atoms with E-state index in [1.165, 1.54) is 12.8 Å². The Morgan fingerprint density at radius 1 is 1.10 bits per heavy atom. The third-order valence-corrected chi connectivity index (χ3v) is 4.82. The molecule has 0 aliphatic carbocycles. The molecule has 0 radical (unpaired) electrons. The van der Waals surface area contributed by atoms with Crippen LogP contribution in [0.4, 0.5) is 4.39 Å². The van der Waals surface area contributed by atoms with Gasteiger partial charge in [-0.25, -0.2) is 4.39 Å².